The van der Waals surface area contributed by atoms with E-state index in [1.54, 1.807) is 0 Å². The Labute approximate surface area is 128 Å². The number of benzene rings is 1. The van der Waals surface area contributed by atoms with Crippen LogP contribution in [0.1, 0.15) is 45.5 Å². The Bertz CT molecular complexity index is 591. The van der Waals surface area contributed by atoms with Crippen LogP contribution in [-0.2, 0) is 6.54 Å². The van der Waals surface area contributed by atoms with E-state index in [0.717, 1.165) is 30.2 Å². The van der Waals surface area contributed by atoms with Gasteiger partial charge in [-0.2, -0.15) is 5.10 Å². The van der Waals surface area contributed by atoms with Gasteiger partial charge < -0.3 is 0 Å². The largest absolute Gasteiger partial charge is 0.250 e. The van der Waals surface area contributed by atoms with Crippen LogP contribution < -0.4 is 0 Å². The predicted molar refractivity (Wildman–Crippen MR) is 88.2 cm³/mol. The Morgan fingerprint density at radius 3 is 2.29 bits per heavy atom. The second-order valence-corrected chi connectivity index (χ2v) is 6.97. The lowest BCUT2D eigenvalue weighted by Gasteiger charge is -2.29. The van der Waals surface area contributed by atoms with E-state index < -0.39 is 0 Å². The standard InChI is InChI=1S/C18H27N3/c1-13(2)18(5,6)11-12-21-15(4)19-17(20-21)16-9-7-14(3)8-10-16/h7-10,13H,11-12H2,1-6H3. The van der Waals surface area contributed by atoms with Gasteiger partial charge in [-0.25, -0.2) is 9.67 Å². The van der Waals surface area contributed by atoms with Gasteiger partial charge >= 0.3 is 0 Å². The lowest BCUT2D eigenvalue weighted by molar-refractivity contribution is 0.213. The summed E-state index contributed by atoms with van der Waals surface area (Å²) in [5, 5.41) is 4.68. The van der Waals surface area contributed by atoms with E-state index in [9.17, 15) is 0 Å². The molecule has 114 valence electrons. The molecule has 21 heavy (non-hydrogen) atoms. The van der Waals surface area contributed by atoms with Gasteiger partial charge in [-0.15, -0.1) is 0 Å². The highest BCUT2D eigenvalue weighted by Gasteiger charge is 2.22. The summed E-state index contributed by atoms with van der Waals surface area (Å²) in [5.74, 6) is 2.48. The number of nitrogens with zero attached hydrogens (tertiary/aromatic N) is 3. The van der Waals surface area contributed by atoms with Gasteiger partial charge in [-0.05, 0) is 31.6 Å². The summed E-state index contributed by atoms with van der Waals surface area (Å²) in [5.41, 5.74) is 2.67. The van der Waals surface area contributed by atoms with Crippen LogP contribution in [0.4, 0.5) is 0 Å². The molecule has 0 atom stereocenters. The number of aromatic nitrogens is 3. The van der Waals surface area contributed by atoms with Crippen molar-refractivity contribution < 1.29 is 0 Å². The zero-order chi connectivity index (χ0) is 15.6. The molecule has 1 aromatic heterocycles. The first kappa shape index (κ1) is 15.7. The third-order valence-corrected chi connectivity index (χ3v) is 4.70. The van der Waals surface area contributed by atoms with Crippen LogP contribution in [0.2, 0.25) is 0 Å². The predicted octanol–water partition coefficient (Wildman–Crippen LogP) is 4.63. The molecule has 0 aliphatic carbocycles. The number of aryl methyl sites for hydroxylation is 3. The molecule has 0 saturated carbocycles. The molecule has 2 aromatic rings. The van der Waals surface area contributed by atoms with E-state index in [0.29, 0.717) is 11.3 Å². The van der Waals surface area contributed by atoms with E-state index in [-0.39, 0.29) is 0 Å². The average Bonchev–Trinajstić information content (AvgIpc) is 2.78. The molecule has 3 nitrogen and oxygen atoms in total. The van der Waals surface area contributed by atoms with Gasteiger partial charge in [-0.1, -0.05) is 57.5 Å². The molecule has 1 heterocycles. The molecule has 0 spiro atoms. The Hall–Kier alpha value is -1.64. The second kappa shape index (κ2) is 6.00. The van der Waals surface area contributed by atoms with E-state index in [4.69, 9.17) is 0 Å². The van der Waals surface area contributed by atoms with E-state index >= 15 is 0 Å². The third kappa shape index (κ3) is 3.72. The highest BCUT2D eigenvalue weighted by atomic mass is 15.3. The molecule has 0 N–H and O–H groups in total. The number of rotatable bonds is 5. The molecule has 0 aliphatic heterocycles. The van der Waals surface area contributed by atoms with Crippen molar-refractivity contribution in [2.75, 3.05) is 0 Å². The van der Waals surface area contributed by atoms with Crippen molar-refractivity contribution >= 4 is 0 Å². The first-order chi connectivity index (χ1) is 9.79. The van der Waals surface area contributed by atoms with E-state index in [2.05, 4.69) is 69.0 Å². The van der Waals surface area contributed by atoms with Gasteiger partial charge in [-0.3, -0.25) is 0 Å². The van der Waals surface area contributed by atoms with Crippen molar-refractivity contribution in [3.8, 4) is 11.4 Å². The smallest absolute Gasteiger partial charge is 0.181 e. The maximum atomic E-state index is 4.68. The van der Waals surface area contributed by atoms with Crippen molar-refractivity contribution in [2.45, 2.75) is 54.5 Å². The Kier molecular flexibility index (Phi) is 4.50. The van der Waals surface area contributed by atoms with Gasteiger partial charge in [0.05, 0.1) is 0 Å². The molecule has 0 unspecified atom stereocenters. The zero-order valence-electron chi connectivity index (χ0n) is 14.1. The van der Waals surface area contributed by atoms with Crippen LogP contribution >= 0.6 is 0 Å². The molecular weight excluding hydrogens is 258 g/mol. The molecule has 0 fully saturated rings. The van der Waals surface area contributed by atoms with Crippen LogP contribution in [0.3, 0.4) is 0 Å². The fourth-order valence-corrected chi connectivity index (χ4v) is 2.14. The average molecular weight is 285 g/mol. The van der Waals surface area contributed by atoms with Crippen LogP contribution in [0.25, 0.3) is 11.4 Å². The summed E-state index contributed by atoms with van der Waals surface area (Å²) < 4.78 is 2.04. The van der Waals surface area contributed by atoms with Gasteiger partial charge in [0.15, 0.2) is 5.82 Å². The van der Waals surface area contributed by atoms with Crippen LogP contribution in [0.5, 0.6) is 0 Å². The van der Waals surface area contributed by atoms with Gasteiger partial charge in [0, 0.05) is 12.1 Å². The fraction of sp³-hybridized carbons (Fsp3) is 0.556. The first-order valence-corrected chi connectivity index (χ1v) is 7.78. The number of hydrogen-bond donors (Lipinski definition) is 0. The van der Waals surface area contributed by atoms with E-state index in [1.807, 2.05) is 11.6 Å². The van der Waals surface area contributed by atoms with Gasteiger partial charge in [0.2, 0.25) is 0 Å². The summed E-state index contributed by atoms with van der Waals surface area (Å²) in [6, 6.07) is 8.39. The molecule has 0 saturated heterocycles. The van der Waals surface area contributed by atoms with Crippen molar-refractivity contribution in [3.05, 3.63) is 35.7 Å². The Morgan fingerprint density at radius 1 is 1.10 bits per heavy atom. The number of hydrogen-bond acceptors (Lipinski definition) is 2. The fourth-order valence-electron chi connectivity index (χ4n) is 2.14. The van der Waals surface area contributed by atoms with Crippen molar-refractivity contribution in [2.24, 2.45) is 11.3 Å². The normalized spacial score (nSPS) is 12.1. The molecule has 0 bridgehead atoms. The summed E-state index contributed by atoms with van der Waals surface area (Å²) in [6.45, 7) is 14.3. The van der Waals surface area contributed by atoms with Crippen molar-refractivity contribution in [1.82, 2.24) is 14.8 Å². The molecule has 0 radical (unpaired) electrons. The molecular formula is C18H27N3. The van der Waals surface area contributed by atoms with Crippen LogP contribution in [-0.4, -0.2) is 14.8 Å². The van der Waals surface area contributed by atoms with Crippen molar-refractivity contribution in [1.29, 1.82) is 0 Å². The maximum absolute atomic E-state index is 4.68. The monoisotopic (exact) mass is 285 g/mol. The third-order valence-electron chi connectivity index (χ3n) is 4.70. The maximum Gasteiger partial charge on any atom is 0.181 e. The zero-order valence-corrected chi connectivity index (χ0v) is 14.1. The second-order valence-electron chi connectivity index (χ2n) is 6.97. The molecule has 2 rings (SSSR count). The Balaban J connectivity index is 2.14. The summed E-state index contributed by atoms with van der Waals surface area (Å²) in [6.07, 6.45) is 1.11. The van der Waals surface area contributed by atoms with Gasteiger partial charge in [0.25, 0.3) is 0 Å². The summed E-state index contributed by atoms with van der Waals surface area (Å²) >= 11 is 0. The highest BCUT2D eigenvalue weighted by molar-refractivity contribution is 5.54. The summed E-state index contributed by atoms with van der Waals surface area (Å²) in [7, 11) is 0. The van der Waals surface area contributed by atoms with Crippen molar-refractivity contribution in [3.63, 3.8) is 0 Å². The van der Waals surface area contributed by atoms with Crippen LogP contribution in [0, 0.1) is 25.2 Å². The lowest BCUT2D eigenvalue weighted by atomic mass is 9.78. The van der Waals surface area contributed by atoms with E-state index in [1.165, 1.54) is 5.56 Å². The minimum atomic E-state index is 0.322. The quantitative estimate of drug-likeness (QED) is 0.801. The minimum Gasteiger partial charge on any atom is -0.250 e. The summed E-state index contributed by atoms with van der Waals surface area (Å²) in [4.78, 5) is 4.61. The topological polar surface area (TPSA) is 30.7 Å². The highest BCUT2D eigenvalue weighted by Crippen LogP contribution is 2.30. The molecule has 3 heteroatoms. The Morgan fingerprint density at radius 2 is 1.71 bits per heavy atom. The van der Waals surface area contributed by atoms with Crippen LogP contribution in [0.15, 0.2) is 24.3 Å². The first-order valence-electron chi connectivity index (χ1n) is 7.78. The SMILES string of the molecule is Cc1ccc(-c2nc(C)n(CCC(C)(C)C(C)C)n2)cc1. The lowest BCUT2D eigenvalue weighted by Crippen LogP contribution is -2.22. The minimum absolute atomic E-state index is 0.322. The molecule has 0 amide bonds. The molecule has 1 aromatic carbocycles. The molecule has 0 aliphatic rings. The van der Waals surface area contributed by atoms with Gasteiger partial charge in [0.1, 0.15) is 5.82 Å².